The molecule has 2 aromatic rings. The van der Waals surface area contributed by atoms with E-state index in [4.69, 9.17) is 19.3 Å². The molecular weight excluding hydrogens is 369 g/mol. The first-order valence-corrected chi connectivity index (χ1v) is 7.55. The van der Waals surface area contributed by atoms with Crippen LogP contribution in [0.4, 0.5) is 13.2 Å². The van der Waals surface area contributed by atoms with Gasteiger partial charge in [0.15, 0.2) is 5.69 Å². The molecule has 7 nitrogen and oxygen atoms in total. The lowest BCUT2D eigenvalue weighted by molar-refractivity contribution is -0.141. The first-order chi connectivity index (χ1) is 12.8. The van der Waals surface area contributed by atoms with Gasteiger partial charge < -0.3 is 19.3 Å². The maximum Gasteiger partial charge on any atom is 0.435 e. The lowest BCUT2D eigenvalue weighted by Crippen LogP contribution is -2.09. The average molecular weight is 384 g/mol. The van der Waals surface area contributed by atoms with E-state index in [1.807, 2.05) is 0 Å². The van der Waals surface area contributed by atoms with Crippen LogP contribution in [0.25, 0.3) is 6.08 Å². The molecule has 0 fully saturated rings. The summed E-state index contributed by atoms with van der Waals surface area (Å²) in [5.74, 6) is -0.830. The maximum atomic E-state index is 12.6. The summed E-state index contributed by atoms with van der Waals surface area (Å²) in [6.45, 7) is 0.613. The Labute approximate surface area is 152 Å². The second-order valence-corrected chi connectivity index (χ2v) is 5.07. The summed E-state index contributed by atoms with van der Waals surface area (Å²) in [4.78, 5) is 10.7. The first kappa shape index (κ1) is 20.2. The molecule has 144 valence electrons. The van der Waals surface area contributed by atoms with Gasteiger partial charge in [-0.15, -0.1) is 10.2 Å². The molecule has 27 heavy (non-hydrogen) atoms. The summed E-state index contributed by atoms with van der Waals surface area (Å²) in [6.07, 6.45) is -2.45. The maximum absolute atomic E-state index is 12.6. The number of alkyl halides is 3. The highest BCUT2D eigenvalue weighted by Gasteiger charge is 2.33. The van der Waals surface area contributed by atoms with Gasteiger partial charge in [0, 0.05) is 30.9 Å². The summed E-state index contributed by atoms with van der Waals surface area (Å²) < 4.78 is 53.4. The van der Waals surface area contributed by atoms with Crippen LogP contribution in [-0.4, -0.2) is 41.6 Å². The topological polar surface area (TPSA) is 90.8 Å². The Bertz CT molecular complexity index is 807. The number of hydrogen-bond donors (Lipinski definition) is 1. The Morgan fingerprint density at radius 1 is 1.19 bits per heavy atom. The van der Waals surface area contributed by atoms with Crippen molar-refractivity contribution in [3.05, 3.63) is 47.7 Å². The molecule has 1 heterocycles. The molecule has 0 saturated carbocycles. The predicted octanol–water partition coefficient (Wildman–Crippen LogP) is 3.41. The van der Waals surface area contributed by atoms with E-state index in [0.29, 0.717) is 17.9 Å². The number of ether oxygens (including phenoxy) is 3. The van der Waals surface area contributed by atoms with Gasteiger partial charge in [-0.05, 0) is 24.3 Å². The van der Waals surface area contributed by atoms with Crippen molar-refractivity contribution in [3.8, 4) is 17.4 Å². The standard InChI is InChI=1S/C17H15F3N2O5/c1-25-8-9-26-12-4-2-11(3-7-16(23)24)13(10-12)27-15-6-5-14(21-22-15)17(18,19)20/h2-7,10H,8-9H2,1H3,(H,23,24)/b7-3+. The van der Waals surface area contributed by atoms with Crippen LogP contribution in [0.15, 0.2) is 36.4 Å². The zero-order valence-corrected chi connectivity index (χ0v) is 14.1. The monoisotopic (exact) mass is 384 g/mol. The van der Waals surface area contributed by atoms with Crippen LogP contribution >= 0.6 is 0 Å². The third-order valence-corrected chi connectivity index (χ3v) is 3.09. The van der Waals surface area contributed by atoms with Gasteiger partial charge in [-0.25, -0.2) is 4.79 Å². The quantitative estimate of drug-likeness (QED) is 0.551. The minimum Gasteiger partial charge on any atom is -0.491 e. The fourth-order valence-electron chi connectivity index (χ4n) is 1.87. The summed E-state index contributed by atoms with van der Waals surface area (Å²) in [7, 11) is 1.51. The molecule has 0 bridgehead atoms. The molecule has 0 aliphatic rings. The van der Waals surface area contributed by atoms with Crippen molar-refractivity contribution in [1.29, 1.82) is 0 Å². The van der Waals surface area contributed by atoms with Crippen LogP contribution in [0.3, 0.4) is 0 Å². The molecular formula is C17H15F3N2O5. The van der Waals surface area contributed by atoms with Crippen LogP contribution in [0.2, 0.25) is 0 Å². The number of carboxylic acids is 1. The minimum absolute atomic E-state index is 0.136. The van der Waals surface area contributed by atoms with Gasteiger partial charge in [0.2, 0.25) is 5.88 Å². The van der Waals surface area contributed by atoms with Gasteiger partial charge in [0.1, 0.15) is 18.1 Å². The molecule has 0 atom stereocenters. The molecule has 10 heteroatoms. The van der Waals surface area contributed by atoms with Crippen molar-refractivity contribution in [2.24, 2.45) is 0 Å². The fraction of sp³-hybridized carbons (Fsp3) is 0.235. The second-order valence-electron chi connectivity index (χ2n) is 5.07. The van der Waals surface area contributed by atoms with Crippen molar-refractivity contribution in [2.75, 3.05) is 20.3 Å². The lowest BCUT2D eigenvalue weighted by atomic mass is 10.1. The van der Waals surface area contributed by atoms with E-state index >= 15 is 0 Å². The van der Waals surface area contributed by atoms with Crippen molar-refractivity contribution in [1.82, 2.24) is 10.2 Å². The number of nitrogens with zero attached hydrogens (tertiary/aromatic N) is 2. The van der Waals surface area contributed by atoms with Crippen LogP contribution < -0.4 is 9.47 Å². The van der Waals surface area contributed by atoms with E-state index in [1.165, 1.54) is 25.3 Å². The summed E-state index contributed by atoms with van der Waals surface area (Å²) in [5.41, 5.74) is -0.796. The van der Waals surface area contributed by atoms with E-state index in [-0.39, 0.29) is 18.2 Å². The third-order valence-electron chi connectivity index (χ3n) is 3.09. The molecule has 0 aliphatic carbocycles. The fourth-order valence-corrected chi connectivity index (χ4v) is 1.87. The van der Waals surface area contributed by atoms with Gasteiger partial charge in [-0.3, -0.25) is 0 Å². The number of methoxy groups -OCH3 is 1. The van der Waals surface area contributed by atoms with Crippen LogP contribution in [0, 0.1) is 0 Å². The SMILES string of the molecule is COCCOc1ccc(/C=C/C(=O)O)c(Oc2ccc(C(F)(F)F)nn2)c1. The highest BCUT2D eigenvalue weighted by molar-refractivity contribution is 5.86. The molecule has 1 aromatic heterocycles. The second kappa shape index (κ2) is 8.99. The molecule has 0 unspecified atom stereocenters. The van der Waals surface area contributed by atoms with E-state index in [0.717, 1.165) is 18.2 Å². The summed E-state index contributed by atoms with van der Waals surface area (Å²) in [6, 6.07) is 6.32. The molecule has 0 radical (unpaired) electrons. The van der Waals surface area contributed by atoms with E-state index < -0.39 is 17.8 Å². The molecule has 0 amide bonds. The van der Waals surface area contributed by atoms with Crippen molar-refractivity contribution < 1.29 is 37.3 Å². The minimum atomic E-state index is -4.62. The first-order valence-electron chi connectivity index (χ1n) is 7.55. The molecule has 1 N–H and O–H groups in total. The van der Waals surface area contributed by atoms with Gasteiger partial charge in [0.25, 0.3) is 0 Å². The van der Waals surface area contributed by atoms with E-state index in [9.17, 15) is 18.0 Å². The number of aliphatic carboxylic acids is 1. The lowest BCUT2D eigenvalue weighted by Gasteiger charge is -2.12. The Balaban J connectivity index is 2.27. The highest BCUT2D eigenvalue weighted by Crippen LogP contribution is 2.31. The number of benzene rings is 1. The summed E-state index contributed by atoms with van der Waals surface area (Å²) in [5, 5.41) is 15.2. The molecule has 0 aliphatic heterocycles. The Morgan fingerprint density at radius 2 is 1.96 bits per heavy atom. The third kappa shape index (κ3) is 6.26. The number of hydrogen-bond acceptors (Lipinski definition) is 6. The van der Waals surface area contributed by atoms with Gasteiger partial charge >= 0.3 is 12.1 Å². The van der Waals surface area contributed by atoms with E-state index in [2.05, 4.69) is 10.2 Å². The van der Waals surface area contributed by atoms with Gasteiger partial charge in [-0.1, -0.05) is 0 Å². The predicted molar refractivity (Wildman–Crippen MR) is 87.6 cm³/mol. The zero-order chi connectivity index (χ0) is 19.9. The van der Waals surface area contributed by atoms with Crippen LogP contribution in [0.1, 0.15) is 11.3 Å². The van der Waals surface area contributed by atoms with Crippen molar-refractivity contribution in [3.63, 3.8) is 0 Å². The smallest absolute Gasteiger partial charge is 0.435 e. The largest absolute Gasteiger partial charge is 0.491 e. The highest BCUT2D eigenvalue weighted by atomic mass is 19.4. The number of rotatable bonds is 8. The van der Waals surface area contributed by atoms with Gasteiger partial charge in [-0.2, -0.15) is 13.2 Å². The normalized spacial score (nSPS) is 11.6. The van der Waals surface area contributed by atoms with E-state index in [1.54, 1.807) is 6.07 Å². The molecule has 1 aromatic carbocycles. The van der Waals surface area contributed by atoms with Crippen molar-refractivity contribution in [2.45, 2.75) is 6.18 Å². The Hall–Kier alpha value is -3.14. The summed E-state index contributed by atoms with van der Waals surface area (Å²) >= 11 is 0. The molecule has 0 spiro atoms. The Morgan fingerprint density at radius 3 is 2.56 bits per heavy atom. The number of aromatic nitrogens is 2. The molecule has 2 rings (SSSR count). The van der Waals surface area contributed by atoms with Crippen LogP contribution in [0.5, 0.6) is 17.4 Å². The van der Waals surface area contributed by atoms with Gasteiger partial charge in [0.05, 0.1) is 6.61 Å². The van der Waals surface area contributed by atoms with Crippen molar-refractivity contribution >= 4 is 12.0 Å². The number of carboxylic acid groups (broad SMARTS) is 1. The number of halogens is 3. The molecule has 0 saturated heterocycles. The Kier molecular flexibility index (Phi) is 6.72. The average Bonchev–Trinajstić information content (AvgIpc) is 2.61. The number of carbonyl (C=O) groups is 1. The zero-order valence-electron chi connectivity index (χ0n) is 14.1. The van der Waals surface area contributed by atoms with Crippen LogP contribution in [-0.2, 0) is 15.7 Å².